The molecule has 1 heterocycles. The standard InChI is InChI=1S/C12H23N5O2/c1-2-4-10-11(15-9-16-12(10)17-13)14-5-3-7-19-8-6-18/h9,18H,2-8,13H2,1H3,(H2,14,15,16,17). The van der Waals surface area contributed by atoms with Gasteiger partial charge in [-0.1, -0.05) is 13.3 Å². The van der Waals surface area contributed by atoms with Crippen molar-refractivity contribution in [2.75, 3.05) is 37.1 Å². The van der Waals surface area contributed by atoms with Gasteiger partial charge in [0.2, 0.25) is 0 Å². The maximum Gasteiger partial charge on any atom is 0.148 e. The molecule has 0 aliphatic heterocycles. The lowest BCUT2D eigenvalue weighted by Crippen LogP contribution is -2.15. The number of anilines is 2. The first kappa shape index (κ1) is 15.6. The summed E-state index contributed by atoms with van der Waals surface area (Å²) in [6, 6.07) is 0. The lowest BCUT2D eigenvalue weighted by atomic mass is 10.1. The van der Waals surface area contributed by atoms with E-state index in [1.165, 1.54) is 6.33 Å². The number of rotatable bonds is 10. The lowest BCUT2D eigenvalue weighted by molar-refractivity contribution is 0.0922. The number of nitrogens with two attached hydrogens (primary N) is 1. The molecular formula is C12H23N5O2. The third kappa shape index (κ3) is 5.37. The van der Waals surface area contributed by atoms with Gasteiger partial charge in [0.25, 0.3) is 0 Å². The van der Waals surface area contributed by atoms with Crippen molar-refractivity contribution >= 4 is 11.6 Å². The van der Waals surface area contributed by atoms with Crippen LogP contribution >= 0.6 is 0 Å². The van der Waals surface area contributed by atoms with E-state index in [4.69, 9.17) is 15.7 Å². The zero-order valence-electron chi connectivity index (χ0n) is 11.4. The molecule has 7 nitrogen and oxygen atoms in total. The molecule has 0 aromatic carbocycles. The van der Waals surface area contributed by atoms with E-state index >= 15 is 0 Å². The van der Waals surface area contributed by atoms with Gasteiger partial charge in [-0.15, -0.1) is 0 Å². The molecule has 1 aromatic rings. The van der Waals surface area contributed by atoms with Crippen LogP contribution in [0.1, 0.15) is 25.3 Å². The summed E-state index contributed by atoms with van der Waals surface area (Å²) >= 11 is 0. The second-order valence-electron chi connectivity index (χ2n) is 4.06. The van der Waals surface area contributed by atoms with E-state index in [0.717, 1.165) is 37.2 Å². The molecule has 0 aliphatic rings. The lowest BCUT2D eigenvalue weighted by Gasteiger charge is -2.13. The van der Waals surface area contributed by atoms with E-state index in [0.29, 0.717) is 19.0 Å². The number of aliphatic hydroxyl groups is 1. The van der Waals surface area contributed by atoms with Crippen LogP contribution in [0.2, 0.25) is 0 Å². The fraction of sp³-hybridized carbons (Fsp3) is 0.667. The van der Waals surface area contributed by atoms with Crippen molar-refractivity contribution in [3.8, 4) is 0 Å². The Morgan fingerprint density at radius 3 is 2.79 bits per heavy atom. The first-order valence-electron chi connectivity index (χ1n) is 6.56. The molecule has 0 saturated heterocycles. The zero-order valence-corrected chi connectivity index (χ0v) is 11.4. The zero-order chi connectivity index (χ0) is 13.9. The number of nitrogen functional groups attached to an aromatic ring is 1. The average Bonchev–Trinajstić information content (AvgIpc) is 2.44. The summed E-state index contributed by atoms with van der Waals surface area (Å²) in [5.74, 6) is 6.92. The molecule has 0 bridgehead atoms. The Hall–Kier alpha value is -1.44. The highest BCUT2D eigenvalue weighted by Gasteiger charge is 2.09. The molecule has 0 aliphatic carbocycles. The van der Waals surface area contributed by atoms with Crippen LogP contribution < -0.4 is 16.6 Å². The number of aliphatic hydroxyl groups excluding tert-OH is 1. The number of hydrogen-bond donors (Lipinski definition) is 4. The second kappa shape index (κ2) is 9.48. The number of aromatic nitrogens is 2. The van der Waals surface area contributed by atoms with E-state index in [2.05, 4.69) is 27.6 Å². The topological polar surface area (TPSA) is 105 Å². The van der Waals surface area contributed by atoms with Gasteiger partial charge < -0.3 is 20.6 Å². The van der Waals surface area contributed by atoms with E-state index in [9.17, 15) is 0 Å². The average molecular weight is 269 g/mol. The SMILES string of the molecule is CCCc1c(NN)ncnc1NCCCOCCO. The van der Waals surface area contributed by atoms with Gasteiger partial charge in [-0.3, -0.25) is 0 Å². The van der Waals surface area contributed by atoms with Crippen LogP contribution in [0.25, 0.3) is 0 Å². The first-order valence-corrected chi connectivity index (χ1v) is 6.56. The molecule has 0 amide bonds. The maximum atomic E-state index is 8.58. The quantitative estimate of drug-likeness (QED) is 0.279. The van der Waals surface area contributed by atoms with Crippen molar-refractivity contribution in [2.45, 2.75) is 26.2 Å². The van der Waals surface area contributed by atoms with E-state index in [1.807, 2.05) is 0 Å². The third-order valence-electron chi connectivity index (χ3n) is 2.58. The molecule has 108 valence electrons. The molecule has 0 saturated carbocycles. The summed E-state index contributed by atoms with van der Waals surface area (Å²) in [6.07, 6.45) is 4.19. The highest BCUT2D eigenvalue weighted by Crippen LogP contribution is 2.20. The number of hydrogen-bond acceptors (Lipinski definition) is 7. The van der Waals surface area contributed by atoms with Gasteiger partial charge in [0.05, 0.1) is 13.2 Å². The van der Waals surface area contributed by atoms with Crippen LogP contribution in [-0.2, 0) is 11.2 Å². The largest absolute Gasteiger partial charge is 0.394 e. The van der Waals surface area contributed by atoms with E-state index in [-0.39, 0.29) is 6.61 Å². The van der Waals surface area contributed by atoms with Crippen LogP contribution in [0.3, 0.4) is 0 Å². The van der Waals surface area contributed by atoms with E-state index < -0.39 is 0 Å². The minimum atomic E-state index is 0.0610. The molecule has 0 radical (unpaired) electrons. The van der Waals surface area contributed by atoms with E-state index in [1.54, 1.807) is 0 Å². The van der Waals surface area contributed by atoms with Gasteiger partial charge in [-0.05, 0) is 12.8 Å². The smallest absolute Gasteiger partial charge is 0.148 e. The van der Waals surface area contributed by atoms with Crippen LogP contribution in [0, 0.1) is 0 Å². The van der Waals surface area contributed by atoms with Crippen molar-refractivity contribution < 1.29 is 9.84 Å². The molecule has 19 heavy (non-hydrogen) atoms. The Bertz CT molecular complexity index is 362. The Kier molecular flexibility index (Phi) is 7.80. The van der Waals surface area contributed by atoms with Gasteiger partial charge in [-0.25, -0.2) is 15.8 Å². The van der Waals surface area contributed by atoms with Crippen LogP contribution in [0.4, 0.5) is 11.6 Å². The minimum Gasteiger partial charge on any atom is -0.394 e. The first-order chi connectivity index (χ1) is 9.33. The number of hydrazine groups is 1. The molecule has 5 N–H and O–H groups in total. The summed E-state index contributed by atoms with van der Waals surface area (Å²) in [5.41, 5.74) is 3.60. The van der Waals surface area contributed by atoms with Crippen LogP contribution in [-0.4, -0.2) is 41.4 Å². The Balaban J connectivity index is 2.47. The highest BCUT2D eigenvalue weighted by atomic mass is 16.5. The maximum absolute atomic E-state index is 8.58. The van der Waals surface area contributed by atoms with Crippen LogP contribution in [0.5, 0.6) is 0 Å². The van der Waals surface area contributed by atoms with Crippen molar-refractivity contribution in [1.29, 1.82) is 0 Å². The number of nitrogens with one attached hydrogen (secondary N) is 2. The van der Waals surface area contributed by atoms with Gasteiger partial charge in [0, 0.05) is 18.7 Å². The third-order valence-corrected chi connectivity index (χ3v) is 2.58. The molecule has 1 rings (SSSR count). The second-order valence-corrected chi connectivity index (χ2v) is 4.06. The molecule has 0 unspecified atom stereocenters. The normalized spacial score (nSPS) is 10.5. The highest BCUT2D eigenvalue weighted by molar-refractivity contribution is 5.56. The number of nitrogens with zero attached hydrogens (tertiary/aromatic N) is 2. The van der Waals surface area contributed by atoms with Gasteiger partial charge in [0.1, 0.15) is 18.0 Å². The molecule has 0 spiro atoms. The predicted molar refractivity (Wildman–Crippen MR) is 74.8 cm³/mol. The van der Waals surface area contributed by atoms with Crippen molar-refractivity contribution in [1.82, 2.24) is 9.97 Å². The Morgan fingerprint density at radius 2 is 2.11 bits per heavy atom. The summed E-state index contributed by atoms with van der Waals surface area (Å²) in [7, 11) is 0. The minimum absolute atomic E-state index is 0.0610. The van der Waals surface area contributed by atoms with Gasteiger partial charge in [0.15, 0.2) is 0 Å². The van der Waals surface area contributed by atoms with Crippen LogP contribution in [0.15, 0.2) is 6.33 Å². The summed E-state index contributed by atoms with van der Waals surface area (Å²) in [6.45, 7) is 3.91. The van der Waals surface area contributed by atoms with Gasteiger partial charge in [-0.2, -0.15) is 0 Å². The molecule has 0 fully saturated rings. The summed E-state index contributed by atoms with van der Waals surface area (Å²) in [5, 5.41) is 11.8. The van der Waals surface area contributed by atoms with Gasteiger partial charge >= 0.3 is 0 Å². The predicted octanol–water partition coefficient (Wildman–Crippen LogP) is 0.526. The number of ether oxygens (including phenoxy) is 1. The van der Waals surface area contributed by atoms with Crippen molar-refractivity contribution in [2.24, 2.45) is 5.84 Å². The summed E-state index contributed by atoms with van der Waals surface area (Å²) in [4.78, 5) is 8.35. The van der Waals surface area contributed by atoms with Crippen molar-refractivity contribution in [3.05, 3.63) is 11.9 Å². The fourth-order valence-electron chi connectivity index (χ4n) is 1.72. The summed E-state index contributed by atoms with van der Waals surface area (Å²) < 4.78 is 5.19. The molecule has 0 atom stereocenters. The van der Waals surface area contributed by atoms with Crippen molar-refractivity contribution in [3.63, 3.8) is 0 Å². The fourth-order valence-corrected chi connectivity index (χ4v) is 1.72. The molecule has 1 aromatic heterocycles. The Morgan fingerprint density at radius 1 is 1.32 bits per heavy atom. The Labute approximate surface area is 113 Å². The monoisotopic (exact) mass is 269 g/mol. The molecule has 7 heteroatoms. The molecular weight excluding hydrogens is 246 g/mol.